The van der Waals surface area contributed by atoms with Crippen molar-refractivity contribution in [2.45, 2.75) is 30.3 Å². The topological polar surface area (TPSA) is 0 Å². The Bertz CT molecular complexity index is 182. The molecule has 0 aromatic carbocycles. The first-order chi connectivity index (χ1) is 5.44. The van der Waals surface area contributed by atoms with Gasteiger partial charge >= 0.3 is 12.1 Å². The van der Waals surface area contributed by atoms with Gasteiger partial charge in [-0.15, -0.1) is 11.6 Å². The van der Waals surface area contributed by atoms with Crippen molar-refractivity contribution in [3.63, 3.8) is 0 Å². The summed E-state index contributed by atoms with van der Waals surface area (Å²) in [6, 6.07) is 0. The summed E-state index contributed by atoms with van der Waals surface area (Å²) in [6.45, 7) is -0.0628. The SMILES string of the molecule is CC(Cl)(C(F)F)C(F)(F)C(F)(F)F. The lowest BCUT2D eigenvalue weighted by Gasteiger charge is -2.31. The van der Waals surface area contributed by atoms with E-state index in [-0.39, 0.29) is 6.92 Å². The average Bonchev–Trinajstić information content (AvgIpc) is 1.84. The zero-order chi connectivity index (χ0) is 11.1. The van der Waals surface area contributed by atoms with Crippen molar-refractivity contribution in [2.24, 2.45) is 0 Å². The van der Waals surface area contributed by atoms with E-state index < -0.39 is 23.4 Å². The van der Waals surface area contributed by atoms with Crippen LogP contribution in [0.1, 0.15) is 6.92 Å². The Morgan fingerprint density at radius 2 is 1.31 bits per heavy atom. The first kappa shape index (κ1) is 12.8. The third kappa shape index (κ3) is 2.00. The van der Waals surface area contributed by atoms with Gasteiger partial charge in [0.05, 0.1) is 0 Å². The minimum atomic E-state index is -6.08. The van der Waals surface area contributed by atoms with Crippen LogP contribution in [0, 0.1) is 0 Å². The number of rotatable bonds is 2. The molecule has 0 saturated heterocycles. The Balaban J connectivity index is 5.04. The molecule has 0 heterocycles. The number of hydrogen-bond acceptors (Lipinski definition) is 0. The molecule has 0 radical (unpaired) electrons. The molecule has 0 fully saturated rings. The van der Waals surface area contributed by atoms with Gasteiger partial charge in [-0.3, -0.25) is 0 Å². The second-order valence-corrected chi connectivity index (χ2v) is 3.23. The molecule has 0 rings (SSSR count). The molecule has 0 nitrogen and oxygen atoms in total. The lowest BCUT2D eigenvalue weighted by molar-refractivity contribution is -0.304. The lowest BCUT2D eigenvalue weighted by atomic mass is 10.0. The van der Waals surface area contributed by atoms with E-state index in [2.05, 4.69) is 11.6 Å². The minimum Gasteiger partial charge on any atom is -0.208 e. The van der Waals surface area contributed by atoms with Gasteiger partial charge < -0.3 is 0 Å². The fourth-order valence-corrected chi connectivity index (χ4v) is 0.521. The Morgan fingerprint density at radius 1 is 1.00 bits per heavy atom. The first-order valence-corrected chi connectivity index (χ1v) is 3.24. The highest BCUT2D eigenvalue weighted by Crippen LogP contribution is 2.49. The monoisotopic (exact) mass is 232 g/mol. The van der Waals surface area contributed by atoms with E-state index in [1.807, 2.05) is 0 Å². The molecular formula is C5H4ClF7. The first-order valence-electron chi connectivity index (χ1n) is 2.86. The van der Waals surface area contributed by atoms with Gasteiger partial charge in [0.2, 0.25) is 0 Å². The van der Waals surface area contributed by atoms with Gasteiger partial charge in [0, 0.05) is 0 Å². The summed E-state index contributed by atoms with van der Waals surface area (Å²) in [5.41, 5.74) is 0. The van der Waals surface area contributed by atoms with E-state index in [1.165, 1.54) is 0 Å². The molecule has 1 atom stereocenters. The van der Waals surface area contributed by atoms with E-state index >= 15 is 0 Å². The highest BCUT2D eigenvalue weighted by molar-refractivity contribution is 6.24. The summed E-state index contributed by atoms with van der Waals surface area (Å²) in [4.78, 5) is -3.94. The van der Waals surface area contributed by atoms with Gasteiger partial charge in [-0.05, 0) is 6.92 Å². The van der Waals surface area contributed by atoms with Crippen molar-refractivity contribution in [3.05, 3.63) is 0 Å². The van der Waals surface area contributed by atoms with Crippen LogP contribution in [0.25, 0.3) is 0 Å². The average molecular weight is 233 g/mol. The van der Waals surface area contributed by atoms with Gasteiger partial charge in [-0.1, -0.05) is 0 Å². The van der Waals surface area contributed by atoms with E-state index in [1.54, 1.807) is 0 Å². The second-order valence-electron chi connectivity index (χ2n) is 2.45. The molecule has 0 N–H and O–H groups in total. The van der Waals surface area contributed by atoms with Crippen LogP contribution in [0.15, 0.2) is 0 Å². The smallest absolute Gasteiger partial charge is 0.208 e. The van der Waals surface area contributed by atoms with Crippen LogP contribution in [-0.4, -0.2) is 23.4 Å². The quantitative estimate of drug-likeness (QED) is 0.505. The molecule has 13 heavy (non-hydrogen) atoms. The van der Waals surface area contributed by atoms with E-state index in [9.17, 15) is 30.7 Å². The standard InChI is InChI=1S/C5H4ClF7/c1-3(6,2(7)8)4(9,10)5(11,12)13/h2H,1H3. The van der Waals surface area contributed by atoms with Crippen LogP contribution in [-0.2, 0) is 0 Å². The highest BCUT2D eigenvalue weighted by atomic mass is 35.5. The zero-order valence-corrected chi connectivity index (χ0v) is 6.86. The number of halogens is 8. The molecule has 0 bridgehead atoms. The normalized spacial score (nSPS) is 18.9. The summed E-state index contributed by atoms with van der Waals surface area (Å²) in [7, 11) is 0. The summed E-state index contributed by atoms with van der Waals surface area (Å²) < 4.78 is 82.5. The predicted octanol–water partition coefficient (Wildman–Crippen LogP) is 3.45. The number of alkyl halides is 8. The maximum Gasteiger partial charge on any atom is 0.455 e. The third-order valence-corrected chi connectivity index (χ3v) is 1.78. The van der Waals surface area contributed by atoms with Crippen LogP contribution >= 0.6 is 11.6 Å². The Hall–Kier alpha value is -0.200. The predicted molar refractivity (Wildman–Crippen MR) is 31.3 cm³/mol. The molecular weight excluding hydrogens is 228 g/mol. The van der Waals surface area contributed by atoms with Crippen LogP contribution in [0.4, 0.5) is 30.7 Å². The molecule has 0 spiro atoms. The molecule has 0 aliphatic carbocycles. The van der Waals surface area contributed by atoms with Crippen molar-refractivity contribution in [1.82, 2.24) is 0 Å². The van der Waals surface area contributed by atoms with E-state index in [4.69, 9.17) is 0 Å². The van der Waals surface area contributed by atoms with Crippen molar-refractivity contribution >= 4 is 11.6 Å². The Labute approximate surface area is 73.7 Å². The Kier molecular flexibility index (Phi) is 3.13. The fourth-order valence-electron chi connectivity index (χ4n) is 0.414. The van der Waals surface area contributed by atoms with Gasteiger partial charge in [-0.2, -0.15) is 22.0 Å². The van der Waals surface area contributed by atoms with Crippen LogP contribution in [0.3, 0.4) is 0 Å². The van der Waals surface area contributed by atoms with Gasteiger partial charge in [-0.25, -0.2) is 8.78 Å². The van der Waals surface area contributed by atoms with Crippen molar-refractivity contribution < 1.29 is 30.7 Å². The van der Waals surface area contributed by atoms with Crippen LogP contribution in [0.2, 0.25) is 0 Å². The highest BCUT2D eigenvalue weighted by Gasteiger charge is 2.71. The molecule has 8 heteroatoms. The van der Waals surface area contributed by atoms with E-state index in [0.717, 1.165) is 0 Å². The zero-order valence-electron chi connectivity index (χ0n) is 6.10. The molecule has 80 valence electrons. The summed E-state index contributed by atoms with van der Waals surface area (Å²) in [6.07, 6.45) is -10.1. The molecule has 0 aromatic heterocycles. The Morgan fingerprint density at radius 3 is 1.38 bits per heavy atom. The van der Waals surface area contributed by atoms with Crippen LogP contribution < -0.4 is 0 Å². The van der Waals surface area contributed by atoms with Crippen molar-refractivity contribution in [2.75, 3.05) is 0 Å². The maximum absolute atomic E-state index is 12.2. The minimum absolute atomic E-state index is 0.0628. The third-order valence-electron chi connectivity index (χ3n) is 1.38. The lowest BCUT2D eigenvalue weighted by Crippen LogP contribution is -2.55. The van der Waals surface area contributed by atoms with Crippen molar-refractivity contribution in [1.29, 1.82) is 0 Å². The summed E-state index contributed by atoms with van der Waals surface area (Å²) >= 11 is 4.43. The number of hydrogen-bond donors (Lipinski definition) is 0. The second kappa shape index (κ2) is 3.18. The fraction of sp³-hybridized carbons (Fsp3) is 1.00. The molecule has 0 aliphatic rings. The summed E-state index contributed by atoms with van der Waals surface area (Å²) in [5.74, 6) is -5.63. The van der Waals surface area contributed by atoms with Crippen LogP contribution in [0.5, 0.6) is 0 Å². The van der Waals surface area contributed by atoms with Crippen molar-refractivity contribution in [3.8, 4) is 0 Å². The molecule has 0 aromatic rings. The van der Waals surface area contributed by atoms with Gasteiger partial charge in [0.15, 0.2) is 4.87 Å². The molecule has 1 unspecified atom stereocenters. The largest absolute Gasteiger partial charge is 0.455 e. The van der Waals surface area contributed by atoms with Gasteiger partial charge in [0.1, 0.15) is 0 Å². The van der Waals surface area contributed by atoms with E-state index in [0.29, 0.717) is 0 Å². The van der Waals surface area contributed by atoms with Gasteiger partial charge in [0.25, 0.3) is 6.43 Å². The molecule has 0 saturated carbocycles. The maximum atomic E-state index is 12.2. The summed E-state index contributed by atoms with van der Waals surface area (Å²) in [5, 5.41) is 0. The molecule has 0 amide bonds. The molecule has 0 aliphatic heterocycles.